The lowest BCUT2D eigenvalue weighted by atomic mass is 9.47. The van der Waals surface area contributed by atoms with Crippen LogP contribution in [0.25, 0.3) is 0 Å². The van der Waals surface area contributed by atoms with Crippen LogP contribution in [0.15, 0.2) is 11.6 Å². The first-order valence-corrected chi connectivity index (χ1v) is 21.3. The summed E-state index contributed by atoms with van der Waals surface area (Å²) in [7, 11) is 0. The maximum Gasteiger partial charge on any atom is 0.410 e. The monoisotopic (exact) mass is 687 g/mol. The van der Waals surface area contributed by atoms with Gasteiger partial charge in [0.25, 0.3) is 0 Å². The number of nitrogens with one attached hydrogen (secondary N) is 1. The first-order valence-electron chi connectivity index (χ1n) is 21.3. The molecular weight excluding hydrogens is 604 g/mol. The van der Waals surface area contributed by atoms with Crippen molar-refractivity contribution in [1.29, 1.82) is 0 Å². The molecule has 0 saturated heterocycles. The van der Waals surface area contributed by atoms with E-state index in [1.165, 1.54) is 57.8 Å². The summed E-state index contributed by atoms with van der Waals surface area (Å²) in [5, 5.41) is 3.55. The molecule has 4 rings (SSSR count). The smallest absolute Gasteiger partial charge is 0.410 e. The lowest BCUT2D eigenvalue weighted by Gasteiger charge is -2.58. The van der Waals surface area contributed by atoms with E-state index >= 15 is 0 Å². The minimum absolute atomic E-state index is 0.00719. The molecule has 10 unspecified atom stereocenters. The molecule has 0 heterocycles. The normalized spacial score (nSPS) is 32.5. The average molecular weight is 687 g/mol. The number of amides is 1. The van der Waals surface area contributed by atoms with Crippen LogP contribution in [-0.4, -0.2) is 55.4 Å². The molecule has 0 aromatic carbocycles. The van der Waals surface area contributed by atoms with Crippen LogP contribution in [0.1, 0.15) is 165 Å². The van der Waals surface area contributed by atoms with Crippen LogP contribution >= 0.6 is 0 Å². The molecule has 286 valence electrons. The zero-order valence-electron chi connectivity index (χ0n) is 33.8. The van der Waals surface area contributed by atoms with Crippen LogP contribution in [0, 0.1) is 46.3 Å². The molecule has 49 heavy (non-hydrogen) atoms. The highest BCUT2D eigenvalue weighted by Gasteiger charge is 2.58. The highest BCUT2D eigenvalue weighted by molar-refractivity contribution is 5.68. The van der Waals surface area contributed by atoms with Gasteiger partial charge >= 0.3 is 6.09 Å². The third-order valence-corrected chi connectivity index (χ3v) is 14.4. The van der Waals surface area contributed by atoms with Crippen LogP contribution in [0.5, 0.6) is 0 Å². The first-order chi connectivity index (χ1) is 23.5. The Balaban J connectivity index is 0.00000319. The van der Waals surface area contributed by atoms with E-state index in [0.717, 1.165) is 93.5 Å². The zero-order chi connectivity index (χ0) is 36.2. The topological polar surface area (TPSA) is 93.6 Å². The van der Waals surface area contributed by atoms with Gasteiger partial charge < -0.3 is 26.4 Å². The van der Waals surface area contributed by atoms with E-state index in [1.54, 1.807) is 5.57 Å². The Bertz CT molecular complexity index is 1000. The van der Waals surface area contributed by atoms with Crippen molar-refractivity contribution in [3.05, 3.63) is 11.6 Å². The predicted molar refractivity (Wildman–Crippen MR) is 209 cm³/mol. The van der Waals surface area contributed by atoms with Crippen molar-refractivity contribution >= 4 is 6.09 Å². The van der Waals surface area contributed by atoms with Crippen LogP contribution in [0.4, 0.5) is 4.79 Å². The Morgan fingerprint density at radius 1 is 0.959 bits per heavy atom. The molecular formula is C43H82N4O2. The van der Waals surface area contributed by atoms with E-state index < -0.39 is 0 Å². The first kappa shape index (κ1) is 42.3. The number of unbranched alkanes of at least 4 members (excludes halogenated alkanes) is 1. The molecule has 4 aliphatic carbocycles. The molecule has 0 aromatic rings. The summed E-state index contributed by atoms with van der Waals surface area (Å²) in [4.78, 5) is 15.6. The molecule has 0 aliphatic heterocycles. The van der Waals surface area contributed by atoms with E-state index in [9.17, 15) is 4.79 Å². The van der Waals surface area contributed by atoms with E-state index in [4.69, 9.17) is 16.2 Å². The fraction of sp³-hybridized carbons (Fsp3) is 0.930. The third kappa shape index (κ3) is 10.5. The van der Waals surface area contributed by atoms with E-state index in [0.29, 0.717) is 24.5 Å². The molecule has 5 N–H and O–H groups in total. The molecule has 3 fully saturated rings. The van der Waals surface area contributed by atoms with Gasteiger partial charge in [0.2, 0.25) is 0 Å². The second-order valence-corrected chi connectivity index (χ2v) is 17.4. The third-order valence-electron chi connectivity index (χ3n) is 14.4. The van der Waals surface area contributed by atoms with Gasteiger partial charge in [-0.2, -0.15) is 0 Å². The SMILES string of the molecule is CC.CCC(CCCC1CCC2C3CC=C4CC(OC(=O)N(CCCCNC(C)CCN)C(C)CCN)CCC4(C)C3CCC12C)C(C)C. The number of fused-ring (bicyclic) bond motifs is 5. The van der Waals surface area contributed by atoms with Crippen molar-refractivity contribution in [3.63, 3.8) is 0 Å². The van der Waals surface area contributed by atoms with E-state index in [-0.39, 0.29) is 23.7 Å². The number of rotatable bonds is 18. The fourth-order valence-corrected chi connectivity index (χ4v) is 11.2. The van der Waals surface area contributed by atoms with Crippen LogP contribution in [0.3, 0.4) is 0 Å². The molecule has 3 saturated carbocycles. The van der Waals surface area contributed by atoms with Crippen molar-refractivity contribution in [3.8, 4) is 0 Å². The lowest BCUT2D eigenvalue weighted by molar-refractivity contribution is -0.0539. The van der Waals surface area contributed by atoms with Crippen molar-refractivity contribution < 1.29 is 9.53 Å². The average Bonchev–Trinajstić information content (AvgIpc) is 3.41. The van der Waals surface area contributed by atoms with Gasteiger partial charge in [-0.05, 0) is 157 Å². The minimum Gasteiger partial charge on any atom is -0.446 e. The van der Waals surface area contributed by atoms with E-state index in [1.807, 2.05) is 18.7 Å². The number of nitrogens with two attached hydrogens (primary N) is 2. The number of allylic oxidation sites excluding steroid dienone is 1. The van der Waals surface area contributed by atoms with Crippen molar-refractivity contribution in [2.45, 2.75) is 183 Å². The standard InChI is InChI=1S/C41H76N4O2.C2H6/c1-8-32(29(2)3)12-11-13-33-15-17-37-36-16-14-34-28-35(18-22-41(34,7)38(36)19-23-40(33,37)6)47-39(46)45(31(5)21-25-43)27-10-9-26-44-30(4)20-24-42;1-2/h14,29-33,35-38,44H,8-13,15-28,42-43H2,1-7H3;1-2H3. The maximum atomic E-state index is 13.6. The lowest BCUT2D eigenvalue weighted by Crippen LogP contribution is -2.51. The molecule has 4 aliphatic rings. The van der Waals surface area contributed by atoms with Gasteiger partial charge in [-0.1, -0.05) is 79.4 Å². The number of hydrogen-bond donors (Lipinski definition) is 3. The number of carbonyl (C=O) groups is 1. The molecule has 0 bridgehead atoms. The largest absolute Gasteiger partial charge is 0.446 e. The Labute approximate surface area is 304 Å². The van der Waals surface area contributed by atoms with Gasteiger partial charge in [0.05, 0.1) is 0 Å². The van der Waals surface area contributed by atoms with Gasteiger partial charge in [-0.25, -0.2) is 4.79 Å². The number of nitrogens with zero attached hydrogens (tertiary/aromatic N) is 1. The van der Waals surface area contributed by atoms with E-state index in [2.05, 4.69) is 59.9 Å². The summed E-state index contributed by atoms with van der Waals surface area (Å²) in [5.41, 5.74) is 14.0. The highest BCUT2D eigenvalue weighted by atomic mass is 16.6. The molecule has 6 nitrogen and oxygen atoms in total. The number of hydrogen-bond acceptors (Lipinski definition) is 5. The molecule has 6 heteroatoms. The van der Waals surface area contributed by atoms with Crippen molar-refractivity contribution in [1.82, 2.24) is 10.2 Å². The second kappa shape index (κ2) is 20.2. The Kier molecular flexibility index (Phi) is 17.5. The fourth-order valence-electron chi connectivity index (χ4n) is 11.2. The van der Waals surface area contributed by atoms with Crippen molar-refractivity contribution in [2.24, 2.45) is 57.8 Å². The van der Waals surface area contributed by atoms with Gasteiger partial charge in [0, 0.05) is 25.0 Å². The highest BCUT2D eigenvalue weighted by Crippen LogP contribution is 2.67. The van der Waals surface area contributed by atoms with Gasteiger partial charge in [0.1, 0.15) is 6.10 Å². The second-order valence-electron chi connectivity index (χ2n) is 17.4. The van der Waals surface area contributed by atoms with Crippen molar-refractivity contribution in [2.75, 3.05) is 26.2 Å². The molecule has 0 spiro atoms. The van der Waals surface area contributed by atoms with Crippen LogP contribution in [0.2, 0.25) is 0 Å². The molecule has 0 radical (unpaired) electrons. The summed E-state index contributed by atoms with van der Waals surface area (Å²) < 4.78 is 6.33. The Morgan fingerprint density at radius 2 is 1.69 bits per heavy atom. The summed E-state index contributed by atoms with van der Waals surface area (Å²) in [6, 6.07) is 0.528. The summed E-state index contributed by atoms with van der Waals surface area (Å²) >= 11 is 0. The zero-order valence-corrected chi connectivity index (χ0v) is 33.8. The maximum absolute atomic E-state index is 13.6. The summed E-state index contributed by atoms with van der Waals surface area (Å²) in [5.74, 6) is 5.16. The summed E-state index contributed by atoms with van der Waals surface area (Å²) in [6.07, 6.45) is 21.9. The Morgan fingerprint density at radius 3 is 2.37 bits per heavy atom. The summed E-state index contributed by atoms with van der Waals surface area (Å²) in [6.45, 7) is 23.8. The van der Waals surface area contributed by atoms with Crippen LogP contribution < -0.4 is 16.8 Å². The van der Waals surface area contributed by atoms with Crippen LogP contribution in [-0.2, 0) is 4.74 Å². The Hall–Kier alpha value is -1.11. The van der Waals surface area contributed by atoms with Gasteiger partial charge in [-0.15, -0.1) is 0 Å². The van der Waals surface area contributed by atoms with Gasteiger partial charge in [-0.3, -0.25) is 0 Å². The molecule has 1 amide bonds. The minimum atomic E-state index is -0.137. The van der Waals surface area contributed by atoms with Gasteiger partial charge in [0.15, 0.2) is 0 Å². The molecule has 0 aromatic heterocycles. The predicted octanol–water partition coefficient (Wildman–Crippen LogP) is 10.1. The number of carbonyl (C=O) groups excluding carboxylic acids is 1. The quantitative estimate of drug-likeness (QED) is 0.0986. The number of ether oxygens (including phenoxy) is 1. The molecule has 10 atom stereocenters.